The first-order valence-electron chi connectivity index (χ1n) is 4.99. The van der Waals surface area contributed by atoms with Gasteiger partial charge in [0.2, 0.25) is 0 Å². The number of alkyl halides is 3. The fraction of sp³-hybridized carbons (Fsp3) is 0.455. The van der Waals surface area contributed by atoms with Gasteiger partial charge in [-0.3, -0.25) is 0 Å². The number of aliphatic hydroxyl groups excluding tert-OH is 1. The van der Waals surface area contributed by atoms with Crippen molar-refractivity contribution in [3.05, 3.63) is 34.1 Å². The first-order chi connectivity index (χ1) is 7.79. The molecule has 0 saturated carbocycles. The monoisotopic (exact) mass is 314 g/mol. The smallest absolute Gasteiger partial charge is 0.388 e. The van der Waals surface area contributed by atoms with Crippen LogP contribution in [0.4, 0.5) is 17.6 Å². The van der Waals surface area contributed by atoms with Crippen LogP contribution in [0.3, 0.4) is 0 Å². The summed E-state index contributed by atoms with van der Waals surface area (Å²) < 4.78 is 49.0. The van der Waals surface area contributed by atoms with Gasteiger partial charge in [0.15, 0.2) is 0 Å². The van der Waals surface area contributed by atoms with Crippen molar-refractivity contribution in [2.45, 2.75) is 31.5 Å². The lowest BCUT2D eigenvalue weighted by atomic mass is 10.0. The first-order valence-corrected chi connectivity index (χ1v) is 5.78. The average molecular weight is 315 g/mol. The zero-order valence-electron chi connectivity index (χ0n) is 8.77. The molecular weight excluding hydrogens is 304 g/mol. The predicted octanol–water partition coefficient (Wildman–Crippen LogP) is 4.35. The third-order valence-corrected chi connectivity index (χ3v) is 2.91. The van der Waals surface area contributed by atoms with E-state index in [0.717, 1.165) is 6.07 Å². The van der Waals surface area contributed by atoms with Crippen LogP contribution in [0.25, 0.3) is 0 Å². The Morgan fingerprint density at radius 3 is 2.47 bits per heavy atom. The van der Waals surface area contributed by atoms with E-state index in [1.54, 1.807) is 0 Å². The summed E-state index contributed by atoms with van der Waals surface area (Å²) >= 11 is 2.95. The number of hydrogen-bond acceptors (Lipinski definition) is 1. The molecule has 0 aliphatic rings. The van der Waals surface area contributed by atoms with Crippen molar-refractivity contribution in [3.63, 3.8) is 0 Å². The topological polar surface area (TPSA) is 20.2 Å². The average Bonchev–Trinajstić information content (AvgIpc) is 2.20. The van der Waals surface area contributed by atoms with Crippen molar-refractivity contribution < 1.29 is 22.7 Å². The van der Waals surface area contributed by atoms with Gasteiger partial charge < -0.3 is 5.11 Å². The van der Waals surface area contributed by atoms with E-state index >= 15 is 0 Å². The minimum atomic E-state index is -4.22. The van der Waals surface area contributed by atoms with Crippen molar-refractivity contribution in [2.75, 3.05) is 0 Å². The van der Waals surface area contributed by atoms with Gasteiger partial charge in [-0.25, -0.2) is 4.39 Å². The van der Waals surface area contributed by atoms with E-state index in [2.05, 4.69) is 15.9 Å². The molecule has 1 nitrogen and oxygen atoms in total. The normalized spacial score (nSPS) is 13.8. The predicted molar refractivity (Wildman–Crippen MR) is 59.0 cm³/mol. The Morgan fingerprint density at radius 2 is 1.94 bits per heavy atom. The fourth-order valence-electron chi connectivity index (χ4n) is 1.38. The van der Waals surface area contributed by atoms with Crippen molar-refractivity contribution in [3.8, 4) is 0 Å². The van der Waals surface area contributed by atoms with E-state index < -0.39 is 24.5 Å². The zero-order valence-corrected chi connectivity index (χ0v) is 10.4. The highest BCUT2D eigenvalue weighted by Gasteiger charge is 2.26. The highest BCUT2D eigenvalue weighted by Crippen LogP contribution is 2.27. The van der Waals surface area contributed by atoms with Crippen LogP contribution >= 0.6 is 15.9 Å². The van der Waals surface area contributed by atoms with Crippen molar-refractivity contribution in [1.29, 1.82) is 0 Å². The van der Waals surface area contributed by atoms with Gasteiger partial charge in [-0.1, -0.05) is 6.07 Å². The first kappa shape index (κ1) is 14.4. The molecule has 1 rings (SSSR count). The van der Waals surface area contributed by atoms with Gasteiger partial charge in [-0.2, -0.15) is 13.2 Å². The maximum Gasteiger partial charge on any atom is 0.389 e. The largest absolute Gasteiger partial charge is 0.389 e. The molecule has 0 saturated heterocycles. The van der Waals surface area contributed by atoms with E-state index in [-0.39, 0.29) is 22.9 Å². The fourth-order valence-corrected chi connectivity index (χ4v) is 1.63. The van der Waals surface area contributed by atoms with Crippen LogP contribution in [0.2, 0.25) is 0 Å². The van der Waals surface area contributed by atoms with Crippen LogP contribution in [-0.2, 0) is 0 Å². The van der Waals surface area contributed by atoms with Crippen LogP contribution in [0.15, 0.2) is 22.7 Å². The Morgan fingerprint density at radius 1 is 1.29 bits per heavy atom. The molecule has 17 heavy (non-hydrogen) atoms. The number of benzene rings is 1. The van der Waals surface area contributed by atoms with Gasteiger partial charge in [0.1, 0.15) is 5.82 Å². The standard InChI is InChI=1S/C11H11BrF4O/c12-8-4-3-7(6-9(8)13)10(17)2-1-5-11(14,15)16/h3-4,6,10,17H,1-2,5H2. The van der Waals surface area contributed by atoms with E-state index in [0.29, 0.717) is 0 Å². The summed E-state index contributed by atoms with van der Waals surface area (Å²) in [6.45, 7) is 0. The molecule has 0 bridgehead atoms. The molecule has 6 heteroatoms. The molecule has 0 radical (unpaired) electrons. The number of rotatable bonds is 4. The van der Waals surface area contributed by atoms with E-state index in [9.17, 15) is 22.7 Å². The molecule has 0 spiro atoms. The lowest BCUT2D eigenvalue weighted by Crippen LogP contribution is -2.08. The van der Waals surface area contributed by atoms with E-state index in [1.807, 2.05) is 0 Å². The molecule has 1 unspecified atom stereocenters. The Labute approximate surface area is 105 Å². The number of aliphatic hydroxyl groups is 1. The number of hydrogen-bond donors (Lipinski definition) is 1. The van der Waals surface area contributed by atoms with Crippen molar-refractivity contribution in [1.82, 2.24) is 0 Å². The second-order valence-corrected chi connectivity index (χ2v) is 4.55. The Balaban J connectivity index is 2.52. The van der Waals surface area contributed by atoms with Crippen LogP contribution in [-0.4, -0.2) is 11.3 Å². The minimum Gasteiger partial charge on any atom is -0.388 e. The Bertz CT molecular complexity index is 378. The maximum absolute atomic E-state index is 13.1. The van der Waals surface area contributed by atoms with Crippen LogP contribution in [0, 0.1) is 5.82 Å². The highest BCUT2D eigenvalue weighted by atomic mass is 79.9. The second kappa shape index (κ2) is 5.82. The van der Waals surface area contributed by atoms with Crippen molar-refractivity contribution >= 4 is 15.9 Å². The molecule has 0 amide bonds. The molecule has 1 aromatic rings. The summed E-state index contributed by atoms with van der Waals surface area (Å²) in [7, 11) is 0. The second-order valence-electron chi connectivity index (χ2n) is 3.70. The molecule has 1 atom stereocenters. The van der Waals surface area contributed by atoms with E-state index in [4.69, 9.17) is 0 Å². The van der Waals surface area contributed by atoms with Crippen LogP contribution in [0.1, 0.15) is 30.9 Å². The molecule has 96 valence electrons. The molecule has 1 aromatic carbocycles. The molecule has 0 aliphatic heterocycles. The Hall–Kier alpha value is -0.620. The number of halogens is 5. The molecule has 0 fully saturated rings. The van der Waals surface area contributed by atoms with E-state index in [1.165, 1.54) is 12.1 Å². The van der Waals surface area contributed by atoms with Gasteiger partial charge in [-0.15, -0.1) is 0 Å². The third kappa shape index (κ3) is 5.04. The summed E-state index contributed by atoms with van der Waals surface area (Å²) in [6, 6.07) is 4.01. The summed E-state index contributed by atoms with van der Waals surface area (Å²) in [5.74, 6) is -0.544. The summed E-state index contributed by atoms with van der Waals surface area (Å²) in [4.78, 5) is 0. The molecule has 0 aliphatic carbocycles. The SMILES string of the molecule is OC(CCCC(F)(F)F)c1ccc(Br)c(F)c1. The maximum atomic E-state index is 13.1. The third-order valence-electron chi connectivity index (χ3n) is 2.27. The van der Waals surface area contributed by atoms with Gasteiger partial charge in [0.25, 0.3) is 0 Å². The highest BCUT2D eigenvalue weighted by molar-refractivity contribution is 9.10. The Kier molecular flexibility index (Phi) is 4.94. The van der Waals surface area contributed by atoms with Crippen LogP contribution in [0.5, 0.6) is 0 Å². The van der Waals surface area contributed by atoms with Gasteiger partial charge >= 0.3 is 6.18 Å². The van der Waals surface area contributed by atoms with Crippen molar-refractivity contribution in [2.24, 2.45) is 0 Å². The minimum absolute atomic E-state index is 0.0411. The van der Waals surface area contributed by atoms with Gasteiger partial charge in [0, 0.05) is 6.42 Å². The molecule has 0 heterocycles. The molecule has 0 aromatic heterocycles. The molecular formula is C11H11BrF4O. The van der Waals surface area contributed by atoms with Gasteiger partial charge in [0.05, 0.1) is 10.6 Å². The summed E-state index contributed by atoms with van der Waals surface area (Å²) in [6.07, 6.45) is -6.45. The van der Waals surface area contributed by atoms with Gasteiger partial charge in [-0.05, 0) is 46.5 Å². The lowest BCUT2D eigenvalue weighted by Gasteiger charge is -2.12. The summed E-state index contributed by atoms with van der Waals surface area (Å²) in [5.41, 5.74) is 0.285. The van der Waals surface area contributed by atoms with Crippen LogP contribution < -0.4 is 0 Å². The quantitative estimate of drug-likeness (QED) is 0.819. The lowest BCUT2D eigenvalue weighted by molar-refractivity contribution is -0.136. The molecule has 1 N–H and O–H groups in total. The zero-order chi connectivity index (χ0) is 13.1. The summed E-state index contributed by atoms with van der Waals surface area (Å²) in [5, 5.41) is 9.58.